The molecule has 126 valence electrons. The molecule has 0 unspecified atom stereocenters. The molecule has 2 aliphatic carbocycles. The molecule has 4 rings (SSSR count). The zero-order chi connectivity index (χ0) is 16.6. The number of fused-ring (bicyclic) bond motifs is 3. The molecule has 5 heteroatoms. The van der Waals surface area contributed by atoms with E-state index < -0.39 is 11.1 Å². The van der Waals surface area contributed by atoms with E-state index in [9.17, 15) is 9.18 Å². The maximum absolute atomic E-state index is 14.2. The molecule has 2 aliphatic rings. The second-order valence-electron chi connectivity index (χ2n) is 6.92. The molecule has 1 aromatic heterocycles. The fourth-order valence-electron chi connectivity index (χ4n) is 4.05. The number of carbonyl (C=O) groups excluding carboxylic acids is 1. The van der Waals surface area contributed by atoms with Crippen LogP contribution in [0.1, 0.15) is 32.1 Å². The topological polar surface area (TPSA) is 48.4 Å². The molecule has 0 radical (unpaired) electrons. The predicted molar refractivity (Wildman–Crippen MR) is 87.6 cm³/mol. The third kappa shape index (κ3) is 2.62. The first-order valence-electron chi connectivity index (χ1n) is 8.43. The Hall–Kier alpha value is -2.17. The van der Waals surface area contributed by atoms with Gasteiger partial charge in [0.05, 0.1) is 10.9 Å². The predicted octanol–water partition coefficient (Wildman–Crippen LogP) is 3.83. The Bertz CT molecular complexity index is 763. The van der Waals surface area contributed by atoms with Gasteiger partial charge in [-0.25, -0.2) is 4.39 Å². The number of para-hydroxylation sites is 1. The van der Waals surface area contributed by atoms with Gasteiger partial charge in [-0.15, -0.1) is 0 Å². The van der Waals surface area contributed by atoms with Crippen LogP contribution in [0.25, 0.3) is 10.9 Å². The van der Waals surface area contributed by atoms with Gasteiger partial charge in [0, 0.05) is 11.6 Å². The van der Waals surface area contributed by atoms with Crippen LogP contribution in [0.3, 0.4) is 0 Å². The van der Waals surface area contributed by atoms with E-state index >= 15 is 0 Å². The molecule has 2 saturated carbocycles. The van der Waals surface area contributed by atoms with Crippen LogP contribution in [-0.4, -0.2) is 29.8 Å². The van der Waals surface area contributed by atoms with E-state index in [0.29, 0.717) is 32.1 Å². The van der Waals surface area contributed by atoms with Crippen LogP contribution >= 0.6 is 0 Å². The summed E-state index contributed by atoms with van der Waals surface area (Å²) in [6, 6.07) is 9.52. The number of hydrogen-bond acceptors (Lipinski definition) is 4. The normalized spacial score (nSPS) is 28.2. The van der Waals surface area contributed by atoms with Gasteiger partial charge in [-0.2, -0.15) is 0 Å². The lowest BCUT2D eigenvalue weighted by Gasteiger charge is -2.23. The number of ether oxygens (including phenoxy) is 2. The minimum absolute atomic E-state index is 0.177. The van der Waals surface area contributed by atoms with Crippen molar-refractivity contribution >= 4 is 16.9 Å². The molecule has 1 heterocycles. The smallest absolute Gasteiger partial charge is 0.312 e. The summed E-state index contributed by atoms with van der Waals surface area (Å²) in [5.41, 5.74) is -0.856. The number of pyridine rings is 1. The van der Waals surface area contributed by atoms with E-state index in [1.54, 1.807) is 12.3 Å². The van der Waals surface area contributed by atoms with Gasteiger partial charge in [0.2, 0.25) is 0 Å². The summed E-state index contributed by atoms with van der Waals surface area (Å²) >= 11 is 0. The molecular formula is C19H20FNO3. The molecule has 2 aromatic rings. The summed E-state index contributed by atoms with van der Waals surface area (Å²) in [6.07, 6.45) is 4.22. The first-order chi connectivity index (χ1) is 11.6. The van der Waals surface area contributed by atoms with E-state index in [2.05, 4.69) is 4.98 Å². The molecule has 4 nitrogen and oxygen atoms in total. The van der Waals surface area contributed by atoms with Crippen LogP contribution in [0.2, 0.25) is 0 Å². The second kappa shape index (κ2) is 5.72. The lowest BCUT2D eigenvalue weighted by molar-refractivity contribution is -0.156. The third-order valence-corrected chi connectivity index (χ3v) is 5.37. The number of rotatable bonds is 5. The Morgan fingerprint density at radius 3 is 2.67 bits per heavy atom. The standard InChI is InChI=1S/C19H20FNO3/c20-19-8-6-18(13-19,7-9-19)17(22)24-12-11-23-16-5-10-21-15-4-2-1-3-14(15)16/h1-5,10H,6-9,11-13H2. The molecule has 0 aliphatic heterocycles. The fraction of sp³-hybridized carbons (Fsp3) is 0.474. The summed E-state index contributed by atoms with van der Waals surface area (Å²) in [4.78, 5) is 16.6. The summed E-state index contributed by atoms with van der Waals surface area (Å²) in [6.45, 7) is 0.452. The molecule has 2 fully saturated rings. The van der Waals surface area contributed by atoms with Gasteiger partial charge in [-0.05, 0) is 50.3 Å². The van der Waals surface area contributed by atoms with E-state index in [1.807, 2.05) is 24.3 Å². The van der Waals surface area contributed by atoms with Gasteiger partial charge < -0.3 is 9.47 Å². The first-order valence-corrected chi connectivity index (χ1v) is 8.43. The van der Waals surface area contributed by atoms with Crippen molar-refractivity contribution in [3.05, 3.63) is 36.5 Å². The van der Waals surface area contributed by atoms with Crippen molar-refractivity contribution in [3.63, 3.8) is 0 Å². The summed E-state index contributed by atoms with van der Waals surface area (Å²) < 4.78 is 25.3. The monoisotopic (exact) mass is 329 g/mol. The van der Waals surface area contributed by atoms with Crippen molar-refractivity contribution in [3.8, 4) is 5.75 Å². The summed E-state index contributed by atoms with van der Waals surface area (Å²) in [7, 11) is 0. The summed E-state index contributed by atoms with van der Waals surface area (Å²) in [5, 5.41) is 0.929. The van der Waals surface area contributed by atoms with Gasteiger partial charge in [0.25, 0.3) is 0 Å². The second-order valence-corrected chi connectivity index (χ2v) is 6.92. The molecular weight excluding hydrogens is 309 g/mol. The van der Waals surface area contributed by atoms with Crippen molar-refractivity contribution in [1.29, 1.82) is 0 Å². The number of benzene rings is 1. The minimum atomic E-state index is -1.13. The SMILES string of the molecule is O=C(OCCOc1ccnc2ccccc12)C12CCC(F)(CC1)C2. The average molecular weight is 329 g/mol. The first kappa shape index (κ1) is 15.4. The Balaban J connectivity index is 1.33. The summed E-state index contributed by atoms with van der Waals surface area (Å²) in [5.74, 6) is 0.460. The number of hydrogen-bond donors (Lipinski definition) is 0. The lowest BCUT2D eigenvalue weighted by Crippen LogP contribution is -2.29. The highest BCUT2D eigenvalue weighted by Crippen LogP contribution is 2.58. The molecule has 2 bridgehead atoms. The number of carbonyl (C=O) groups is 1. The van der Waals surface area contributed by atoms with Gasteiger partial charge in [0.1, 0.15) is 24.6 Å². The molecule has 1 aromatic carbocycles. The van der Waals surface area contributed by atoms with Crippen LogP contribution in [0.4, 0.5) is 4.39 Å². The van der Waals surface area contributed by atoms with Crippen molar-refractivity contribution in [2.24, 2.45) is 5.41 Å². The highest BCUT2D eigenvalue weighted by Gasteiger charge is 2.59. The largest absolute Gasteiger partial charge is 0.489 e. The van der Waals surface area contributed by atoms with Gasteiger partial charge in [-0.1, -0.05) is 12.1 Å². The highest BCUT2D eigenvalue weighted by atomic mass is 19.1. The van der Waals surface area contributed by atoms with Crippen LogP contribution < -0.4 is 4.74 Å². The van der Waals surface area contributed by atoms with Crippen LogP contribution in [0.15, 0.2) is 36.5 Å². The van der Waals surface area contributed by atoms with Crippen LogP contribution in [0.5, 0.6) is 5.75 Å². The van der Waals surface area contributed by atoms with E-state index in [-0.39, 0.29) is 19.2 Å². The Kier molecular flexibility index (Phi) is 3.66. The van der Waals surface area contributed by atoms with E-state index in [0.717, 1.165) is 16.7 Å². The number of aromatic nitrogens is 1. The van der Waals surface area contributed by atoms with Crippen molar-refractivity contribution in [2.45, 2.75) is 37.8 Å². The van der Waals surface area contributed by atoms with E-state index in [4.69, 9.17) is 9.47 Å². The Morgan fingerprint density at radius 2 is 1.92 bits per heavy atom. The van der Waals surface area contributed by atoms with Gasteiger partial charge >= 0.3 is 5.97 Å². The average Bonchev–Trinajstić information content (AvgIpc) is 3.13. The molecule has 0 spiro atoms. The minimum Gasteiger partial charge on any atom is -0.489 e. The number of esters is 1. The quantitative estimate of drug-likeness (QED) is 0.618. The van der Waals surface area contributed by atoms with Crippen molar-refractivity contribution < 1.29 is 18.7 Å². The van der Waals surface area contributed by atoms with Gasteiger partial charge in [-0.3, -0.25) is 9.78 Å². The zero-order valence-electron chi connectivity index (χ0n) is 13.5. The zero-order valence-corrected chi connectivity index (χ0v) is 13.5. The molecule has 24 heavy (non-hydrogen) atoms. The van der Waals surface area contributed by atoms with Crippen molar-refractivity contribution in [1.82, 2.24) is 4.98 Å². The molecule has 0 atom stereocenters. The number of nitrogens with zero attached hydrogens (tertiary/aromatic N) is 1. The van der Waals surface area contributed by atoms with E-state index in [1.165, 1.54) is 0 Å². The maximum Gasteiger partial charge on any atom is 0.312 e. The van der Waals surface area contributed by atoms with Gasteiger partial charge in [0.15, 0.2) is 0 Å². The van der Waals surface area contributed by atoms with Crippen LogP contribution in [0, 0.1) is 5.41 Å². The molecule has 0 saturated heterocycles. The van der Waals surface area contributed by atoms with Crippen molar-refractivity contribution in [2.75, 3.05) is 13.2 Å². The third-order valence-electron chi connectivity index (χ3n) is 5.37. The number of alkyl halides is 1. The lowest BCUT2D eigenvalue weighted by atomic mass is 9.84. The molecule has 0 amide bonds. The Morgan fingerprint density at radius 1 is 1.12 bits per heavy atom. The fourth-order valence-corrected chi connectivity index (χ4v) is 4.05. The molecule has 0 N–H and O–H groups in total. The maximum atomic E-state index is 14.2. The highest BCUT2D eigenvalue weighted by molar-refractivity contribution is 5.84. The van der Waals surface area contributed by atoms with Crippen LogP contribution in [-0.2, 0) is 9.53 Å². The Labute approximate surface area is 140 Å². The number of halogens is 1.